The van der Waals surface area contributed by atoms with E-state index >= 15 is 0 Å². The van der Waals surface area contributed by atoms with Crippen LogP contribution in [-0.2, 0) is 9.59 Å². The Morgan fingerprint density at radius 1 is 1.41 bits per heavy atom. The van der Waals surface area contributed by atoms with Gasteiger partial charge in [0.25, 0.3) is 0 Å². The molecule has 2 heterocycles. The number of nitrogens with zero attached hydrogens (tertiary/aromatic N) is 3. The number of hydrogen-bond donors (Lipinski definition) is 1. The third-order valence-corrected chi connectivity index (χ3v) is 4.26. The lowest BCUT2D eigenvalue weighted by molar-refractivity contribution is -0.134. The van der Waals surface area contributed by atoms with E-state index in [0.717, 1.165) is 32.5 Å². The van der Waals surface area contributed by atoms with E-state index in [2.05, 4.69) is 12.2 Å². The van der Waals surface area contributed by atoms with Gasteiger partial charge in [-0.05, 0) is 25.8 Å². The van der Waals surface area contributed by atoms with Crippen LogP contribution in [-0.4, -0.2) is 78.4 Å². The van der Waals surface area contributed by atoms with Gasteiger partial charge in [0.15, 0.2) is 0 Å². The summed E-state index contributed by atoms with van der Waals surface area (Å²) in [7, 11) is 1.61. The number of likely N-dealkylation sites (N-methyl/N-ethyl adjacent to an activating group) is 1. The average Bonchev–Trinajstić information content (AvgIpc) is 3.08. The van der Waals surface area contributed by atoms with Crippen molar-refractivity contribution in [3.8, 4) is 0 Å². The van der Waals surface area contributed by atoms with Gasteiger partial charge in [0, 0.05) is 39.1 Å². The number of amides is 4. The molecular weight excluding hydrogens is 284 g/mol. The Labute approximate surface area is 131 Å². The number of carbonyl (C=O) groups is 3. The smallest absolute Gasteiger partial charge is 0.326 e. The SMILES string of the molecule is CCCN(C(=O)CCCN1C(=O)CN(C)C1=O)C1CCNC1. The zero-order chi connectivity index (χ0) is 16.1. The molecule has 2 saturated heterocycles. The number of rotatable bonds is 7. The first kappa shape index (κ1) is 16.7. The molecule has 2 fully saturated rings. The van der Waals surface area contributed by atoms with Crippen molar-refractivity contribution in [3.05, 3.63) is 0 Å². The van der Waals surface area contributed by atoms with Crippen LogP contribution in [0.1, 0.15) is 32.6 Å². The molecule has 7 heteroatoms. The number of urea groups is 1. The van der Waals surface area contributed by atoms with Crippen LogP contribution >= 0.6 is 0 Å². The Balaban J connectivity index is 1.80. The number of carbonyl (C=O) groups excluding carboxylic acids is 3. The van der Waals surface area contributed by atoms with E-state index in [4.69, 9.17) is 0 Å². The van der Waals surface area contributed by atoms with E-state index in [9.17, 15) is 14.4 Å². The Morgan fingerprint density at radius 3 is 2.73 bits per heavy atom. The van der Waals surface area contributed by atoms with Crippen LogP contribution < -0.4 is 5.32 Å². The largest absolute Gasteiger partial charge is 0.338 e. The Bertz CT molecular complexity index is 435. The fraction of sp³-hybridized carbons (Fsp3) is 0.800. The van der Waals surface area contributed by atoms with Gasteiger partial charge in [-0.1, -0.05) is 6.92 Å². The summed E-state index contributed by atoms with van der Waals surface area (Å²) in [6, 6.07) is 0.0245. The minimum Gasteiger partial charge on any atom is -0.338 e. The van der Waals surface area contributed by atoms with E-state index in [1.54, 1.807) is 7.05 Å². The predicted molar refractivity (Wildman–Crippen MR) is 82.3 cm³/mol. The van der Waals surface area contributed by atoms with Crippen molar-refractivity contribution in [1.29, 1.82) is 0 Å². The first-order chi connectivity index (χ1) is 10.5. The third-order valence-electron chi connectivity index (χ3n) is 4.26. The summed E-state index contributed by atoms with van der Waals surface area (Å²) in [5, 5.41) is 3.29. The molecular formula is C15H26N4O3. The van der Waals surface area contributed by atoms with E-state index in [0.29, 0.717) is 19.4 Å². The second-order valence-corrected chi connectivity index (χ2v) is 6.02. The summed E-state index contributed by atoms with van der Waals surface area (Å²) in [6.45, 7) is 5.13. The van der Waals surface area contributed by atoms with Gasteiger partial charge in [0.2, 0.25) is 11.8 Å². The van der Waals surface area contributed by atoms with E-state index in [1.165, 1.54) is 9.80 Å². The van der Waals surface area contributed by atoms with Crippen molar-refractivity contribution in [2.24, 2.45) is 0 Å². The third kappa shape index (κ3) is 3.76. The topological polar surface area (TPSA) is 73.0 Å². The van der Waals surface area contributed by atoms with Crippen molar-refractivity contribution < 1.29 is 14.4 Å². The molecule has 0 radical (unpaired) electrons. The number of hydrogen-bond acceptors (Lipinski definition) is 4. The van der Waals surface area contributed by atoms with E-state index < -0.39 is 0 Å². The van der Waals surface area contributed by atoms with Crippen LogP contribution in [0.15, 0.2) is 0 Å². The highest BCUT2D eigenvalue weighted by Gasteiger charge is 2.33. The van der Waals surface area contributed by atoms with E-state index in [1.807, 2.05) is 4.90 Å². The van der Waals surface area contributed by atoms with Gasteiger partial charge >= 0.3 is 6.03 Å². The zero-order valence-corrected chi connectivity index (χ0v) is 13.5. The van der Waals surface area contributed by atoms with Gasteiger partial charge < -0.3 is 15.1 Å². The van der Waals surface area contributed by atoms with Crippen molar-refractivity contribution >= 4 is 17.8 Å². The van der Waals surface area contributed by atoms with Gasteiger partial charge in [-0.2, -0.15) is 0 Å². The lowest BCUT2D eigenvalue weighted by Gasteiger charge is -2.28. The summed E-state index contributed by atoms with van der Waals surface area (Å²) in [5.41, 5.74) is 0. The molecule has 7 nitrogen and oxygen atoms in total. The molecule has 2 aliphatic rings. The first-order valence-corrected chi connectivity index (χ1v) is 8.10. The van der Waals surface area contributed by atoms with Gasteiger partial charge in [-0.15, -0.1) is 0 Å². The van der Waals surface area contributed by atoms with Crippen LogP contribution in [0.25, 0.3) is 0 Å². The molecule has 1 unspecified atom stereocenters. The normalized spacial score (nSPS) is 21.8. The maximum absolute atomic E-state index is 12.4. The molecule has 2 rings (SSSR count). The monoisotopic (exact) mass is 310 g/mol. The summed E-state index contributed by atoms with van der Waals surface area (Å²) < 4.78 is 0. The van der Waals surface area contributed by atoms with Crippen LogP contribution in [0, 0.1) is 0 Å². The Hall–Kier alpha value is -1.63. The quantitative estimate of drug-likeness (QED) is 0.685. The number of imide groups is 1. The van der Waals surface area contributed by atoms with Crippen molar-refractivity contribution in [2.75, 3.05) is 39.8 Å². The molecule has 124 valence electrons. The molecule has 1 atom stereocenters. The zero-order valence-electron chi connectivity index (χ0n) is 13.5. The Kier molecular flexibility index (Phi) is 5.76. The van der Waals surface area contributed by atoms with Crippen LogP contribution in [0.4, 0.5) is 4.79 Å². The molecule has 0 aromatic heterocycles. The average molecular weight is 310 g/mol. The van der Waals surface area contributed by atoms with Crippen molar-refractivity contribution in [3.63, 3.8) is 0 Å². The standard InChI is InChI=1S/C15H26N4O3/c1-3-8-18(12-6-7-16-10-12)13(20)5-4-9-19-14(21)11-17(2)15(19)22/h12,16H,3-11H2,1-2H3. The molecule has 0 bridgehead atoms. The summed E-state index contributed by atoms with van der Waals surface area (Å²) >= 11 is 0. The number of nitrogens with one attached hydrogen (secondary N) is 1. The second kappa shape index (κ2) is 7.58. The molecule has 0 spiro atoms. The summed E-state index contributed by atoms with van der Waals surface area (Å²) in [5.74, 6) is -0.0478. The maximum atomic E-state index is 12.4. The minimum absolute atomic E-state index is 0.128. The molecule has 0 aromatic rings. The van der Waals surface area contributed by atoms with Gasteiger partial charge in [-0.25, -0.2) is 4.79 Å². The lowest BCUT2D eigenvalue weighted by Crippen LogP contribution is -2.42. The molecule has 0 aliphatic carbocycles. The fourth-order valence-electron chi connectivity index (χ4n) is 3.08. The van der Waals surface area contributed by atoms with Crippen molar-refractivity contribution in [2.45, 2.75) is 38.6 Å². The minimum atomic E-state index is -0.261. The highest BCUT2D eigenvalue weighted by atomic mass is 16.2. The first-order valence-electron chi connectivity index (χ1n) is 8.10. The summed E-state index contributed by atoms with van der Waals surface area (Å²) in [6.07, 6.45) is 2.86. The van der Waals surface area contributed by atoms with Crippen LogP contribution in [0.5, 0.6) is 0 Å². The second-order valence-electron chi connectivity index (χ2n) is 6.02. The van der Waals surface area contributed by atoms with E-state index in [-0.39, 0.29) is 30.4 Å². The molecule has 0 aromatic carbocycles. The molecule has 4 amide bonds. The summed E-state index contributed by atoms with van der Waals surface area (Å²) in [4.78, 5) is 40.5. The Morgan fingerprint density at radius 2 is 2.18 bits per heavy atom. The van der Waals surface area contributed by atoms with Gasteiger partial charge in [0.05, 0.1) is 0 Å². The lowest BCUT2D eigenvalue weighted by atomic mass is 10.1. The fourth-order valence-corrected chi connectivity index (χ4v) is 3.08. The van der Waals surface area contributed by atoms with Gasteiger partial charge in [-0.3, -0.25) is 14.5 Å². The molecule has 2 aliphatic heterocycles. The maximum Gasteiger partial charge on any atom is 0.326 e. The molecule has 0 saturated carbocycles. The van der Waals surface area contributed by atoms with Crippen LogP contribution in [0.2, 0.25) is 0 Å². The predicted octanol–water partition coefficient (Wildman–Crippen LogP) is 0.261. The van der Waals surface area contributed by atoms with Crippen LogP contribution in [0.3, 0.4) is 0 Å². The molecule has 22 heavy (non-hydrogen) atoms. The highest BCUT2D eigenvalue weighted by Crippen LogP contribution is 2.13. The van der Waals surface area contributed by atoms with Crippen molar-refractivity contribution in [1.82, 2.24) is 20.0 Å². The molecule has 1 N–H and O–H groups in total. The highest BCUT2D eigenvalue weighted by molar-refractivity contribution is 6.01. The van der Waals surface area contributed by atoms with Gasteiger partial charge in [0.1, 0.15) is 6.54 Å².